The summed E-state index contributed by atoms with van der Waals surface area (Å²) >= 11 is 0. The minimum absolute atomic E-state index is 0.0264. The van der Waals surface area contributed by atoms with Gasteiger partial charge in [-0.15, -0.1) is 0 Å². The topological polar surface area (TPSA) is 54.7 Å². The molecule has 0 amide bonds. The number of anilines is 1. The van der Waals surface area contributed by atoms with Crippen molar-refractivity contribution in [3.8, 4) is 17.3 Å². The van der Waals surface area contributed by atoms with Gasteiger partial charge in [-0.05, 0) is 24.3 Å². The highest BCUT2D eigenvalue weighted by Gasteiger charge is 2.16. The molecule has 1 heterocycles. The summed E-state index contributed by atoms with van der Waals surface area (Å²) in [6.45, 7) is 0. The molecular weight excluding hydrogens is 224 g/mol. The van der Waals surface area contributed by atoms with Crippen molar-refractivity contribution in [3.63, 3.8) is 0 Å². The van der Waals surface area contributed by atoms with E-state index in [2.05, 4.69) is 0 Å². The third-order valence-corrected chi connectivity index (χ3v) is 2.56. The molecule has 17 heavy (non-hydrogen) atoms. The van der Waals surface area contributed by atoms with E-state index < -0.39 is 11.6 Å². The fraction of sp³-hybridized carbons (Fsp3) is 0.0833. The van der Waals surface area contributed by atoms with E-state index in [1.54, 1.807) is 7.05 Å². The highest BCUT2D eigenvalue weighted by molar-refractivity contribution is 5.65. The van der Waals surface area contributed by atoms with Gasteiger partial charge < -0.3 is 10.3 Å². The third kappa shape index (κ3) is 1.74. The Balaban J connectivity index is 2.69. The highest BCUT2D eigenvalue weighted by atomic mass is 19.1. The summed E-state index contributed by atoms with van der Waals surface area (Å²) in [5.41, 5.74) is 5.82. The van der Waals surface area contributed by atoms with E-state index in [0.717, 1.165) is 12.1 Å². The molecule has 2 rings (SSSR count). The Morgan fingerprint density at radius 3 is 2.29 bits per heavy atom. The van der Waals surface area contributed by atoms with Gasteiger partial charge in [0, 0.05) is 12.7 Å². The zero-order valence-corrected chi connectivity index (χ0v) is 9.04. The average Bonchev–Trinajstić information content (AvgIpc) is 2.59. The summed E-state index contributed by atoms with van der Waals surface area (Å²) in [4.78, 5) is 0. The van der Waals surface area contributed by atoms with E-state index in [1.807, 2.05) is 6.07 Å². The Morgan fingerprint density at radius 2 is 1.82 bits per heavy atom. The number of nitrogens with two attached hydrogens (primary N) is 1. The van der Waals surface area contributed by atoms with Crippen LogP contribution in [0.2, 0.25) is 0 Å². The Hall–Kier alpha value is -2.35. The Bertz CT molecular complexity index is 600. The largest absolute Gasteiger partial charge is 0.399 e. The van der Waals surface area contributed by atoms with E-state index in [4.69, 9.17) is 11.0 Å². The normalized spacial score (nSPS) is 10.2. The van der Waals surface area contributed by atoms with Gasteiger partial charge in [0.1, 0.15) is 23.4 Å². The summed E-state index contributed by atoms with van der Waals surface area (Å²) in [5, 5.41) is 8.78. The van der Waals surface area contributed by atoms with Crippen LogP contribution >= 0.6 is 0 Å². The molecule has 3 nitrogen and oxygen atoms in total. The molecule has 0 fully saturated rings. The fourth-order valence-corrected chi connectivity index (χ4v) is 1.71. The van der Waals surface area contributed by atoms with Crippen LogP contribution in [0.15, 0.2) is 24.3 Å². The van der Waals surface area contributed by atoms with Gasteiger partial charge in [0.2, 0.25) is 0 Å². The van der Waals surface area contributed by atoms with Crippen molar-refractivity contribution in [1.82, 2.24) is 4.57 Å². The van der Waals surface area contributed by atoms with E-state index in [9.17, 15) is 8.78 Å². The molecule has 0 saturated carbocycles. The lowest BCUT2D eigenvalue weighted by Crippen LogP contribution is -2.00. The van der Waals surface area contributed by atoms with Crippen molar-refractivity contribution >= 4 is 5.69 Å². The second-order valence-electron chi connectivity index (χ2n) is 3.63. The summed E-state index contributed by atoms with van der Waals surface area (Å²) in [6, 6.07) is 7.04. The number of rotatable bonds is 1. The van der Waals surface area contributed by atoms with Crippen LogP contribution in [0, 0.1) is 23.0 Å². The number of halogens is 2. The van der Waals surface area contributed by atoms with Gasteiger partial charge in [-0.2, -0.15) is 5.26 Å². The van der Waals surface area contributed by atoms with E-state index >= 15 is 0 Å². The van der Waals surface area contributed by atoms with Crippen LogP contribution in [0.3, 0.4) is 0 Å². The number of hydrogen-bond donors (Lipinski definition) is 1. The lowest BCUT2D eigenvalue weighted by molar-refractivity contribution is 0.588. The van der Waals surface area contributed by atoms with Gasteiger partial charge in [0.05, 0.1) is 11.3 Å². The van der Waals surface area contributed by atoms with Crippen LogP contribution in [0.25, 0.3) is 11.3 Å². The molecule has 0 atom stereocenters. The standard InChI is InChI=1S/C12H9F2N3/c1-17-8(6-15)2-3-11(17)12-9(13)4-7(16)5-10(12)14/h2-5H,16H2,1H3. The van der Waals surface area contributed by atoms with Crippen LogP contribution in [0.4, 0.5) is 14.5 Å². The predicted octanol–water partition coefficient (Wildman–Crippen LogP) is 2.42. The van der Waals surface area contributed by atoms with Crippen molar-refractivity contribution in [3.05, 3.63) is 41.6 Å². The molecule has 0 unspecified atom stereocenters. The number of benzene rings is 1. The summed E-state index contributed by atoms with van der Waals surface area (Å²) in [7, 11) is 1.57. The minimum Gasteiger partial charge on any atom is -0.399 e. The molecule has 0 aliphatic carbocycles. The molecule has 1 aromatic carbocycles. The Morgan fingerprint density at radius 1 is 1.24 bits per heavy atom. The quantitative estimate of drug-likeness (QED) is 0.769. The molecule has 86 valence electrons. The smallest absolute Gasteiger partial charge is 0.137 e. The third-order valence-electron chi connectivity index (χ3n) is 2.56. The van der Waals surface area contributed by atoms with Crippen LogP contribution in [-0.4, -0.2) is 4.57 Å². The van der Waals surface area contributed by atoms with Crippen molar-refractivity contribution in [1.29, 1.82) is 5.26 Å². The van der Waals surface area contributed by atoms with E-state index in [-0.39, 0.29) is 11.3 Å². The second kappa shape index (κ2) is 3.91. The maximum Gasteiger partial charge on any atom is 0.137 e. The van der Waals surface area contributed by atoms with Crippen molar-refractivity contribution < 1.29 is 8.78 Å². The lowest BCUT2D eigenvalue weighted by Gasteiger charge is -2.08. The molecule has 0 aliphatic rings. The van der Waals surface area contributed by atoms with E-state index in [0.29, 0.717) is 11.4 Å². The maximum atomic E-state index is 13.7. The number of hydrogen-bond acceptors (Lipinski definition) is 2. The molecule has 0 radical (unpaired) electrons. The molecular formula is C12H9F2N3. The minimum atomic E-state index is -0.742. The maximum absolute atomic E-state index is 13.7. The molecule has 0 aliphatic heterocycles. The summed E-state index contributed by atoms with van der Waals surface area (Å²) in [5.74, 6) is -1.48. The first-order chi connectivity index (χ1) is 8.04. The average molecular weight is 233 g/mol. The Labute approximate surface area is 96.7 Å². The van der Waals surface area contributed by atoms with Crippen molar-refractivity contribution in [2.45, 2.75) is 0 Å². The SMILES string of the molecule is Cn1c(C#N)ccc1-c1c(F)cc(N)cc1F. The van der Waals surface area contributed by atoms with Gasteiger partial charge in [-0.25, -0.2) is 8.78 Å². The predicted molar refractivity (Wildman–Crippen MR) is 59.9 cm³/mol. The molecule has 0 spiro atoms. The van der Waals surface area contributed by atoms with E-state index in [1.165, 1.54) is 16.7 Å². The number of nitriles is 1. The Kier molecular flexibility index (Phi) is 2.56. The first kappa shape index (κ1) is 11.1. The zero-order chi connectivity index (χ0) is 12.6. The first-order valence-corrected chi connectivity index (χ1v) is 4.85. The number of aromatic nitrogens is 1. The van der Waals surface area contributed by atoms with Crippen LogP contribution in [-0.2, 0) is 7.05 Å². The molecule has 0 saturated heterocycles. The first-order valence-electron chi connectivity index (χ1n) is 4.85. The highest BCUT2D eigenvalue weighted by Crippen LogP contribution is 2.28. The zero-order valence-electron chi connectivity index (χ0n) is 9.04. The van der Waals surface area contributed by atoms with Gasteiger partial charge in [-0.1, -0.05) is 0 Å². The summed E-state index contributed by atoms with van der Waals surface area (Å²) < 4.78 is 28.8. The number of nitrogen functional groups attached to an aromatic ring is 1. The fourth-order valence-electron chi connectivity index (χ4n) is 1.71. The number of nitrogens with zero attached hydrogens (tertiary/aromatic N) is 2. The molecule has 1 aromatic heterocycles. The molecule has 2 N–H and O–H groups in total. The molecule has 2 aromatic rings. The van der Waals surface area contributed by atoms with Crippen molar-refractivity contribution in [2.24, 2.45) is 7.05 Å². The van der Waals surface area contributed by atoms with Gasteiger partial charge >= 0.3 is 0 Å². The monoisotopic (exact) mass is 233 g/mol. The summed E-state index contributed by atoms with van der Waals surface area (Å²) in [6.07, 6.45) is 0. The van der Waals surface area contributed by atoms with Crippen LogP contribution in [0.5, 0.6) is 0 Å². The van der Waals surface area contributed by atoms with Gasteiger partial charge in [-0.3, -0.25) is 0 Å². The van der Waals surface area contributed by atoms with Crippen LogP contribution < -0.4 is 5.73 Å². The molecule has 5 heteroatoms. The lowest BCUT2D eigenvalue weighted by atomic mass is 10.1. The van der Waals surface area contributed by atoms with Crippen LogP contribution in [0.1, 0.15) is 5.69 Å². The van der Waals surface area contributed by atoms with Gasteiger partial charge in [0.15, 0.2) is 0 Å². The molecule has 0 bridgehead atoms. The second-order valence-corrected chi connectivity index (χ2v) is 3.63. The van der Waals surface area contributed by atoms with Crippen molar-refractivity contribution in [2.75, 3.05) is 5.73 Å². The van der Waals surface area contributed by atoms with Gasteiger partial charge in [0.25, 0.3) is 0 Å².